The van der Waals surface area contributed by atoms with E-state index in [4.69, 9.17) is 72.0 Å². The van der Waals surface area contributed by atoms with Gasteiger partial charge >= 0.3 is 5.97 Å². The van der Waals surface area contributed by atoms with Gasteiger partial charge in [-0.15, -0.1) is 0 Å². The third-order valence-electron chi connectivity index (χ3n) is 11.6. The molecule has 1 aromatic heterocycles. The van der Waals surface area contributed by atoms with Gasteiger partial charge in [-0.3, -0.25) is 9.35 Å². The van der Waals surface area contributed by atoms with E-state index in [9.17, 15) is 17.8 Å². The number of hydrogen-bond acceptors (Lipinski definition) is 19. The van der Waals surface area contributed by atoms with E-state index in [2.05, 4.69) is 5.32 Å². The summed E-state index contributed by atoms with van der Waals surface area (Å²) in [7, 11) is -1.14. The van der Waals surface area contributed by atoms with Crippen molar-refractivity contribution in [3.05, 3.63) is 70.8 Å². The number of nitrogens with one attached hydrogen (secondary N) is 1. The number of methoxy groups -OCH3 is 2. The average molecular weight is 1140 g/mol. The van der Waals surface area contributed by atoms with Crippen molar-refractivity contribution in [3.8, 4) is 17.2 Å². The fraction of sp³-hybridized carbons (Fsp3) is 0.625. The number of esters is 1. The van der Waals surface area contributed by atoms with Crippen molar-refractivity contribution in [3.63, 3.8) is 0 Å². The topological polar surface area (TPSA) is 260 Å². The van der Waals surface area contributed by atoms with E-state index in [1.165, 1.54) is 0 Å². The highest BCUT2D eigenvalue weighted by Crippen LogP contribution is 2.34. The maximum absolute atomic E-state index is 15.2. The van der Waals surface area contributed by atoms with Crippen LogP contribution in [-0.4, -0.2) is 202 Å². The number of amides is 1. The lowest BCUT2D eigenvalue weighted by molar-refractivity contribution is -0.645. The Labute approximate surface area is 465 Å². The van der Waals surface area contributed by atoms with Gasteiger partial charge in [0.2, 0.25) is 11.0 Å². The van der Waals surface area contributed by atoms with Crippen molar-refractivity contribution < 1.29 is 93.4 Å². The lowest BCUT2D eigenvalue weighted by Crippen LogP contribution is -2.37. The molecule has 0 aliphatic heterocycles. The quantitative estimate of drug-likeness (QED) is 0.0134. The lowest BCUT2D eigenvalue weighted by Gasteiger charge is -2.21. The van der Waals surface area contributed by atoms with Gasteiger partial charge in [0.15, 0.2) is 6.54 Å². The van der Waals surface area contributed by atoms with Crippen LogP contribution in [0, 0.1) is 13.8 Å². The van der Waals surface area contributed by atoms with Crippen LogP contribution in [0.5, 0.6) is 17.2 Å². The molecule has 79 heavy (non-hydrogen) atoms. The molecule has 4 aromatic rings. The van der Waals surface area contributed by atoms with E-state index in [0.29, 0.717) is 156 Å². The first kappa shape index (κ1) is 66.8. The minimum absolute atomic E-state index is 0.0436. The first-order valence-electron chi connectivity index (χ1n) is 27.0. The Morgan fingerprint density at radius 2 is 1.03 bits per heavy atom. The number of rotatable bonds is 46. The van der Waals surface area contributed by atoms with Crippen molar-refractivity contribution in [2.45, 2.75) is 65.7 Å². The number of pyridine rings is 1. The van der Waals surface area contributed by atoms with Crippen LogP contribution in [0.15, 0.2) is 48.5 Å². The molecule has 0 bridgehead atoms. The Kier molecular flexibility index (Phi) is 32.9. The Hall–Kier alpha value is -4.70. The SMILES string of the molecule is CCCOCC(COCCC)Oc1ccc2c(c1)c(C(=O)Oc1c(C)cc(C(=O)NCCOCCOCCOCCOCCOCCN)cc1C)c1cc(OC(COCCOC)COCCOC)ccc1[n+]2CCCS(=O)(=O)O. The number of nitrogens with zero attached hydrogens (tertiary/aromatic N) is 1. The summed E-state index contributed by atoms with van der Waals surface area (Å²) in [5.74, 6) is -0.533. The van der Waals surface area contributed by atoms with Gasteiger partial charge in [-0.1, -0.05) is 13.8 Å². The van der Waals surface area contributed by atoms with Gasteiger partial charge in [0.25, 0.3) is 16.0 Å². The molecule has 23 heteroatoms. The molecule has 444 valence electrons. The van der Waals surface area contributed by atoms with Crippen LogP contribution < -0.4 is 29.8 Å². The Morgan fingerprint density at radius 1 is 0.595 bits per heavy atom. The Morgan fingerprint density at radius 3 is 1.46 bits per heavy atom. The predicted molar refractivity (Wildman–Crippen MR) is 295 cm³/mol. The highest BCUT2D eigenvalue weighted by atomic mass is 32.2. The molecule has 1 heterocycles. The molecule has 0 atom stereocenters. The molecule has 4 N–H and O–H groups in total. The van der Waals surface area contributed by atoms with Crippen LogP contribution in [0.1, 0.15) is 65.0 Å². The van der Waals surface area contributed by atoms with Gasteiger partial charge in [0.05, 0.1) is 141 Å². The number of aromatic nitrogens is 1. The summed E-state index contributed by atoms with van der Waals surface area (Å²) in [6, 6.07) is 13.9. The standard InChI is InChI=1S/C56H85N3O19S/c1-7-17-72-38-47(39-73-18-8-2)76-45-10-12-51-49(36-45)53(50-37-46(11-13-52(50)59(51)16-9-33-79(62,63)64)77-48(40-74-23-21-65-5)41-75-24-22-66-6)56(61)78-54-42(3)34-44(35-43(54)4)55(60)58-15-20-68-26-28-70-30-32-71-31-29-69-27-25-67-19-14-57/h10-13,34-37,47-48H,7-9,14-33,38-41,57H2,1-6H3,(H-,58,60,62,63,64)/p+1. The summed E-state index contributed by atoms with van der Waals surface area (Å²) < 4.78 is 116. The van der Waals surface area contributed by atoms with Crippen LogP contribution >= 0.6 is 0 Å². The molecule has 0 fully saturated rings. The fourth-order valence-corrected chi connectivity index (χ4v) is 8.52. The maximum Gasteiger partial charge on any atom is 0.345 e. The fourth-order valence-electron chi connectivity index (χ4n) is 8.03. The van der Waals surface area contributed by atoms with Gasteiger partial charge in [-0.05, 0) is 74.2 Å². The number of aryl methyl sites for hydroxylation is 3. The van der Waals surface area contributed by atoms with Crippen LogP contribution in [0.25, 0.3) is 21.8 Å². The molecule has 4 rings (SSSR count). The molecule has 0 saturated heterocycles. The molecule has 0 radical (unpaired) electrons. The van der Waals surface area contributed by atoms with Crippen molar-refractivity contribution in [1.29, 1.82) is 0 Å². The largest absolute Gasteiger partial charge is 0.486 e. The molecule has 22 nitrogen and oxygen atoms in total. The van der Waals surface area contributed by atoms with Crippen LogP contribution in [0.2, 0.25) is 0 Å². The lowest BCUT2D eigenvalue weighted by atomic mass is 10.0. The summed E-state index contributed by atoms with van der Waals surface area (Å²) >= 11 is 0. The Bertz CT molecular complexity index is 2460. The summed E-state index contributed by atoms with van der Waals surface area (Å²) in [4.78, 5) is 28.6. The van der Waals surface area contributed by atoms with Crippen LogP contribution in [0.3, 0.4) is 0 Å². The summed E-state index contributed by atoms with van der Waals surface area (Å²) in [5.41, 5.74) is 8.05. The molecular formula is C56H86N3O19S+. The minimum Gasteiger partial charge on any atom is -0.486 e. The molecule has 0 unspecified atom stereocenters. The highest BCUT2D eigenvalue weighted by molar-refractivity contribution is 7.85. The smallest absolute Gasteiger partial charge is 0.345 e. The first-order chi connectivity index (χ1) is 38.3. The zero-order chi connectivity index (χ0) is 57.1. The first-order valence-corrected chi connectivity index (χ1v) is 28.7. The summed E-state index contributed by atoms with van der Waals surface area (Å²) in [6.45, 7) is 15.8. The normalized spacial score (nSPS) is 11.9. The molecule has 0 spiro atoms. The number of fused-ring (bicyclic) bond motifs is 2. The van der Waals surface area contributed by atoms with Crippen molar-refractivity contribution >= 4 is 43.8 Å². The van der Waals surface area contributed by atoms with E-state index >= 15 is 4.79 Å². The minimum atomic E-state index is -4.31. The van der Waals surface area contributed by atoms with E-state index in [1.807, 2.05) is 18.4 Å². The molecule has 0 aliphatic rings. The Balaban J connectivity index is 1.63. The third kappa shape index (κ3) is 25.3. The third-order valence-corrected chi connectivity index (χ3v) is 12.4. The van der Waals surface area contributed by atoms with Crippen molar-refractivity contribution in [2.24, 2.45) is 5.73 Å². The van der Waals surface area contributed by atoms with E-state index in [-0.39, 0.29) is 69.8 Å². The van der Waals surface area contributed by atoms with Gasteiger partial charge in [0.1, 0.15) is 29.5 Å². The maximum atomic E-state index is 15.2. The van der Waals surface area contributed by atoms with Gasteiger partial charge in [0, 0.05) is 64.6 Å². The number of hydrogen-bond donors (Lipinski definition) is 3. The molecule has 1 amide bonds. The summed E-state index contributed by atoms with van der Waals surface area (Å²) in [5, 5.41) is 3.70. The number of ether oxygens (including phenoxy) is 14. The van der Waals surface area contributed by atoms with E-state index in [1.54, 1.807) is 76.6 Å². The number of nitrogens with two attached hydrogens (primary N) is 1. The highest BCUT2D eigenvalue weighted by Gasteiger charge is 2.29. The zero-order valence-corrected chi connectivity index (χ0v) is 47.9. The van der Waals surface area contributed by atoms with Gasteiger partial charge in [-0.25, -0.2) is 4.79 Å². The second-order valence-corrected chi connectivity index (χ2v) is 19.8. The molecule has 0 aliphatic carbocycles. The van der Waals surface area contributed by atoms with Gasteiger partial charge in [-0.2, -0.15) is 13.0 Å². The number of carbonyl (C=O) groups is 2. The average Bonchev–Trinajstić information content (AvgIpc) is 3.48. The predicted octanol–water partition coefficient (Wildman–Crippen LogP) is 4.84. The summed E-state index contributed by atoms with van der Waals surface area (Å²) in [6.07, 6.45) is 0.583. The number of carbonyl (C=O) groups excluding carboxylic acids is 2. The van der Waals surface area contributed by atoms with Crippen LogP contribution in [-0.2, 0) is 68.8 Å². The monoisotopic (exact) mass is 1140 g/mol. The second kappa shape index (κ2) is 38.9. The molecular weight excluding hydrogens is 1050 g/mol. The van der Waals surface area contributed by atoms with Crippen molar-refractivity contribution in [1.82, 2.24) is 5.32 Å². The number of benzene rings is 3. The van der Waals surface area contributed by atoms with E-state index < -0.39 is 34.0 Å². The van der Waals surface area contributed by atoms with Gasteiger partial charge < -0.3 is 77.4 Å². The second-order valence-electron chi connectivity index (χ2n) is 18.2. The van der Waals surface area contributed by atoms with Crippen LogP contribution in [0.4, 0.5) is 0 Å². The molecule has 0 saturated carbocycles. The molecule has 3 aromatic carbocycles. The van der Waals surface area contributed by atoms with E-state index in [0.717, 1.165) is 12.8 Å². The zero-order valence-electron chi connectivity index (χ0n) is 47.1. The van der Waals surface area contributed by atoms with Crippen molar-refractivity contribution in [2.75, 3.05) is 165 Å².